The molecule has 198 valence electrons. The highest BCUT2D eigenvalue weighted by molar-refractivity contribution is 6.31. The number of carbonyl (C=O) groups is 1. The Morgan fingerprint density at radius 2 is 1.97 bits per heavy atom. The predicted molar refractivity (Wildman–Crippen MR) is 137 cm³/mol. The molecule has 0 bridgehead atoms. The summed E-state index contributed by atoms with van der Waals surface area (Å²) in [6.45, 7) is 2.13. The average molecular weight is 534 g/mol. The molecule has 1 aliphatic rings. The number of aromatic nitrogens is 2. The largest absolute Gasteiger partial charge is 0.493 e. The summed E-state index contributed by atoms with van der Waals surface area (Å²) in [5.74, 6) is 1.09. The SMILES string of the molecule is COCCCNC(=O)ON1CCC(Oc2cc3c(Nc4ccc(F)c(Cl)c4)ncnc3cc2OC)CC1. The van der Waals surface area contributed by atoms with Gasteiger partial charge < -0.3 is 29.7 Å². The first kappa shape index (κ1) is 26.6. The number of hydroxylamine groups is 2. The van der Waals surface area contributed by atoms with E-state index in [4.69, 9.17) is 30.6 Å². The summed E-state index contributed by atoms with van der Waals surface area (Å²) in [5, 5.41) is 8.20. The second kappa shape index (κ2) is 12.7. The number of nitrogens with one attached hydrogen (secondary N) is 2. The standard InChI is InChI=1S/C25H29ClFN5O5/c1-34-11-3-8-28-25(33)37-32-9-6-17(7-10-32)36-23-13-18-21(14-22(23)35-2)29-15-30-24(18)31-16-4-5-20(27)19(26)12-16/h4-5,12-15,17H,3,6-11H2,1-2H3,(H,28,33)(H,29,30,31). The van der Waals surface area contributed by atoms with Crippen LogP contribution in [0.15, 0.2) is 36.7 Å². The molecule has 2 N–H and O–H groups in total. The molecule has 1 fully saturated rings. The third-order valence-corrected chi connectivity index (χ3v) is 6.09. The fourth-order valence-corrected chi connectivity index (χ4v) is 4.08. The summed E-state index contributed by atoms with van der Waals surface area (Å²) in [4.78, 5) is 26.0. The van der Waals surface area contributed by atoms with Gasteiger partial charge in [0.2, 0.25) is 0 Å². The maximum atomic E-state index is 13.6. The van der Waals surface area contributed by atoms with Crippen molar-refractivity contribution in [2.75, 3.05) is 45.8 Å². The highest BCUT2D eigenvalue weighted by atomic mass is 35.5. The van der Waals surface area contributed by atoms with Crippen molar-refractivity contribution in [3.8, 4) is 11.5 Å². The Morgan fingerprint density at radius 3 is 2.70 bits per heavy atom. The Morgan fingerprint density at radius 1 is 1.16 bits per heavy atom. The monoisotopic (exact) mass is 533 g/mol. The van der Waals surface area contributed by atoms with Crippen LogP contribution in [0.4, 0.5) is 20.7 Å². The number of anilines is 2. The van der Waals surface area contributed by atoms with E-state index in [1.165, 1.54) is 18.5 Å². The number of fused-ring (bicyclic) bond motifs is 1. The number of ether oxygens (including phenoxy) is 3. The van der Waals surface area contributed by atoms with Gasteiger partial charge in [-0.3, -0.25) is 0 Å². The maximum absolute atomic E-state index is 13.6. The van der Waals surface area contributed by atoms with Crippen molar-refractivity contribution in [3.05, 3.63) is 47.5 Å². The van der Waals surface area contributed by atoms with Crippen LogP contribution in [-0.4, -0.2) is 67.7 Å². The second-order valence-corrected chi connectivity index (χ2v) is 8.80. The first-order valence-corrected chi connectivity index (χ1v) is 12.3. The van der Waals surface area contributed by atoms with Crippen molar-refractivity contribution in [1.29, 1.82) is 0 Å². The van der Waals surface area contributed by atoms with Crippen LogP contribution >= 0.6 is 11.6 Å². The number of benzene rings is 2. The van der Waals surface area contributed by atoms with E-state index in [1.54, 1.807) is 31.4 Å². The lowest BCUT2D eigenvalue weighted by Gasteiger charge is -2.31. The highest BCUT2D eigenvalue weighted by Gasteiger charge is 2.24. The highest BCUT2D eigenvalue weighted by Crippen LogP contribution is 2.36. The molecule has 0 spiro atoms. The zero-order chi connectivity index (χ0) is 26.2. The molecule has 3 aromatic rings. The van der Waals surface area contributed by atoms with Crippen molar-refractivity contribution in [2.45, 2.75) is 25.4 Å². The molecule has 0 aliphatic carbocycles. The van der Waals surface area contributed by atoms with Crippen LogP contribution in [0.1, 0.15) is 19.3 Å². The maximum Gasteiger partial charge on any atom is 0.426 e. The summed E-state index contributed by atoms with van der Waals surface area (Å²) >= 11 is 5.92. The number of amides is 1. The minimum atomic E-state index is -0.501. The van der Waals surface area contributed by atoms with Gasteiger partial charge in [0, 0.05) is 63.3 Å². The molecule has 0 unspecified atom stereocenters. The van der Waals surface area contributed by atoms with E-state index < -0.39 is 11.9 Å². The van der Waals surface area contributed by atoms with Crippen molar-refractivity contribution >= 4 is 40.1 Å². The number of piperidine rings is 1. The van der Waals surface area contributed by atoms with Crippen molar-refractivity contribution < 1.29 is 28.2 Å². The molecular weight excluding hydrogens is 505 g/mol. The molecule has 1 saturated heterocycles. The quantitative estimate of drug-likeness (QED) is 0.359. The van der Waals surface area contributed by atoms with Crippen molar-refractivity contribution in [3.63, 3.8) is 0 Å². The van der Waals surface area contributed by atoms with Crippen LogP contribution < -0.4 is 20.1 Å². The molecular formula is C25H29ClFN5O5. The number of carbonyl (C=O) groups excluding carboxylic acids is 1. The fourth-order valence-electron chi connectivity index (χ4n) is 3.90. The average Bonchev–Trinajstić information content (AvgIpc) is 2.90. The van der Waals surface area contributed by atoms with E-state index in [1.807, 2.05) is 6.07 Å². The molecule has 2 aromatic carbocycles. The van der Waals surface area contributed by atoms with E-state index in [0.29, 0.717) is 73.0 Å². The van der Waals surface area contributed by atoms with E-state index in [2.05, 4.69) is 20.6 Å². The van der Waals surface area contributed by atoms with Gasteiger partial charge in [0.05, 0.1) is 17.6 Å². The first-order chi connectivity index (χ1) is 18.0. The summed E-state index contributed by atoms with van der Waals surface area (Å²) in [7, 11) is 3.18. The van der Waals surface area contributed by atoms with Gasteiger partial charge in [-0.1, -0.05) is 11.6 Å². The van der Waals surface area contributed by atoms with Crippen molar-refractivity contribution in [2.24, 2.45) is 0 Å². The summed E-state index contributed by atoms with van der Waals surface area (Å²) in [5.41, 5.74) is 1.23. The number of hydrogen-bond acceptors (Lipinski definition) is 9. The number of rotatable bonds is 10. The lowest BCUT2D eigenvalue weighted by atomic mass is 10.1. The third-order valence-electron chi connectivity index (χ3n) is 5.80. The van der Waals surface area contributed by atoms with Gasteiger partial charge in [-0.15, -0.1) is 5.06 Å². The molecule has 37 heavy (non-hydrogen) atoms. The van der Waals surface area contributed by atoms with Crippen LogP contribution in [-0.2, 0) is 9.57 Å². The number of methoxy groups -OCH3 is 2. The zero-order valence-corrected chi connectivity index (χ0v) is 21.4. The predicted octanol–water partition coefficient (Wildman–Crippen LogP) is 4.70. The van der Waals surface area contributed by atoms with Crippen LogP contribution in [0, 0.1) is 5.82 Å². The fraction of sp³-hybridized carbons (Fsp3) is 0.400. The Balaban J connectivity index is 1.41. The molecule has 1 aromatic heterocycles. The topological polar surface area (TPSA) is 107 Å². The van der Waals surface area contributed by atoms with Gasteiger partial charge in [0.15, 0.2) is 11.5 Å². The minimum Gasteiger partial charge on any atom is -0.493 e. The van der Waals surface area contributed by atoms with Gasteiger partial charge in [-0.2, -0.15) is 0 Å². The molecule has 10 nitrogen and oxygen atoms in total. The van der Waals surface area contributed by atoms with E-state index in [9.17, 15) is 9.18 Å². The normalized spacial score (nSPS) is 14.4. The van der Waals surface area contributed by atoms with Gasteiger partial charge in [-0.05, 0) is 30.7 Å². The Hall–Kier alpha value is -3.41. The van der Waals surface area contributed by atoms with Crippen LogP contribution in [0.3, 0.4) is 0 Å². The van der Waals surface area contributed by atoms with E-state index in [-0.39, 0.29) is 11.1 Å². The molecule has 4 rings (SSSR count). The lowest BCUT2D eigenvalue weighted by Crippen LogP contribution is -2.42. The van der Waals surface area contributed by atoms with Gasteiger partial charge in [-0.25, -0.2) is 19.2 Å². The number of hydrogen-bond donors (Lipinski definition) is 2. The molecule has 1 amide bonds. The number of nitrogens with zero attached hydrogens (tertiary/aromatic N) is 3. The van der Waals surface area contributed by atoms with Gasteiger partial charge in [0.1, 0.15) is 24.1 Å². The number of halogens is 2. The molecule has 0 radical (unpaired) electrons. The third kappa shape index (κ3) is 7.09. The zero-order valence-electron chi connectivity index (χ0n) is 20.6. The minimum absolute atomic E-state index is 0.00736. The summed E-state index contributed by atoms with van der Waals surface area (Å²) in [6.07, 6.45) is 2.88. The van der Waals surface area contributed by atoms with Gasteiger partial charge >= 0.3 is 6.09 Å². The molecule has 1 aliphatic heterocycles. The summed E-state index contributed by atoms with van der Waals surface area (Å²) < 4.78 is 30.4. The molecule has 0 atom stereocenters. The van der Waals surface area contributed by atoms with Crippen LogP contribution in [0.2, 0.25) is 5.02 Å². The lowest BCUT2D eigenvalue weighted by molar-refractivity contribution is -0.124. The van der Waals surface area contributed by atoms with E-state index >= 15 is 0 Å². The Bertz CT molecular complexity index is 1230. The Kier molecular flexibility index (Phi) is 9.15. The van der Waals surface area contributed by atoms with E-state index in [0.717, 1.165) is 6.42 Å². The van der Waals surface area contributed by atoms with Crippen LogP contribution in [0.25, 0.3) is 10.9 Å². The van der Waals surface area contributed by atoms with Crippen LogP contribution in [0.5, 0.6) is 11.5 Å². The summed E-state index contributed by atoms with van der Waals surface area (Å²) in [6, 6.07) is 7.94. The molecule has 12 heteroatoms. The first-order valence-electron chi connectivity index (χ1n) is 11.9. The van der Waals surface area contributed by atoms with Crippen molar-refractivity contribution in [1.82, 2.24) is 20.3 Å². The Labute approximate surface area is 219 Å². The molecule has 2 heterocycles. The second-order valence-electron chi connectivity index (χ2n) is 8.39. The van der Waals surface area contributed by atoms with Gasteiger partial charge in [0.25, 0.3) is 0 Å². The smallest absolute Gasteiger partial charge is 0.426 e. The molecule has 0 saturated carbocycles.